The Labute approximate surface area is 137 Å². The van der Waals surface area contributed by atoms with Crippen molar-refractivity contribution in [1.29, 1.82) is 0 Å². The van der Waals surface area contributed by atoms with Gasteiger partial charge in [-0.25, -0.2) is 8.42 Å². The highest BCUT2D eigenvalue weighted by Crippen LogP contribution is 2.33. The van der Waals surface area contributed by atoms with Crippen LogP contribution in [0.5, 0.6) is 0 Å². The van der Waals surface area contributed by atoms with Crippen LogP contribution in [0.3, 0.4) is 0 Å². The van der Waals surface area contributed by atoms with E-state index in [0.29, 0.717) is 10.8 Å². The number of hydrogen-bond donors (Lipinski definition) is 0. The van der Waals surface area contributed by atoms with Crippen molar-refractivity contribution in [3.63, 3.8) is 0 Å². The Balaban J connectivity index is 2.09. The lowest BCUT2D eigenvalue weighted by molar-refractivity contribution is 0.0527. The van der Waals surface area contributed by atoms with E-state index >= 15 is 0 Å². The molecule has 3 aromatic carbocycles. The van der Waals surface area contributed by atoms with Crippen LogP contribution < -0.4 is 0 Å². The summed E-state index contributed by atoms with van der Waals surface area (Å²) in [6, 6.07) is 17.1. The average molecular weight is 346 g/mol. The van der Waals surface area contributed by atoms with Gasteiger partial charge in [-0.3, -0.25) is 4.79 Å². The normalized spacial score (nSPS) is 12.2. The zero-order valence-electron chi connectivity index (χ0n) is 12.3. The minimum atomic E-state index is -5.16. The van der Waals surface area contributed by atoms with Crippen LogP contribution in [0.4, 0.5) is 8.78 Å². The number of carbonyl (C=O) groups is 1. The Morgan fingerprint density at radius 3 is 2.04 bits per heavy atom. The van der Waals surface area contributed by atoms with Crippen LogP contribution in [0.25, 0.3) is 10.8 Å². The van der Waals surface area contributed by atoms with Gasteiger partial charge >= 0.3 is 5.25 Å². The fourth-order valence-corrected chi connectivity index (χ4v) is 3.55. The quantitative estimate of drug-likeness (QED) is 0.669. The molecule has 0 N–H and O–H groups in total. The first-order valence-electron chi connectivity index (χ1n) is 7.05. The van der Waals surface area contributed by atoms with Crippen molar-refractivity contribution >= 4 is 26.4 Å². The van der Waals surface area contributed by atoms with Gasteiger partial charge in [-0.05, 0) is 22.9 Å². The second kappa shape index (κ2) is 5.79. The Bertz CT molecular complexity index is 1010. The monoisotopic (exact) mass is 346 g/mol. The SMILES string of the molecule is O=C(c1ccccc1)C(F)(F)S(=O)(=O)c1ccc2ccccc2c1. The third kappa shape index (κ3) is 2.59. The van der Waals surface area contributed by atoms with Gasteiger partial charge in [0.25, 0.3) is 9.84 Å². The van der Waals surface area contributed by atoms with Crippen LogP contribution in [0.15, 0.2) is 77.7 Å². The number of fused-ring (bicyclic) bond motifs is 1. The molecule has 0 aliphatic rings. The number of sulfone groups is 1. The van der Waals surface area contributed by atoms with Crippen molar-refractivity contribution in [2.45, 2.75) is 10.2 Å². The molecule has 24 heavy (non-hydrogen) atoms. The lowest BCUT2D eigenvalue weighted by Gasteiger charge is -2.16. The molecule has 0 saturated heterocycles. The summed E-state index contributed by atoms with van der Waals surface area (Å²) in [5.74, 6) is -1.74. The van der Waals surface area contributed by atoms with E-state index in [9.17, 15) is 22.0 Å². The number of hydrogen-bond acceptors (Lipinski definition) is 3. The Morgan fingerprint density at radius 1 is 0.792 bits per heavy atom. The summed E-state index contributed by atoms with van der Waals surface area (Å²) in [5.41, 5.74) is -0.355. The van der Waals surface area contributed by atoms with Gasteiger partial charge < -0.3 is 0 Å². The number of carbonyl (C=O) groups excluding carboxylic acids is 1. The third-order valence-electron chi connectivity index (χ3n) is 3.67. The molecule has 0 heterocycles. The fraction of sp³-hybridized carbons (Fsp3) is 0.0556. The van der Waals surface area contributed by atoms with E-state index in [1.165, 1.54) is 18.2 Å². The fourth-order valence-electron chi connectivity index (χ4n) is 2.36. The Kier molecular flexibility index (Phi) is 3.93. The van der Waals surface area contributed by atoms with Crippen molar-refractivity contribution in [2.75, 3.05) is 0 Å². The standard InChI is InChI=1S/C18H12F2O3S/c19-18(20,17(21)14-7-2-1-3-8-14)24(22,23)16-11-10-13-6-4-5-9-15(13)12-16/h1-12H. The topological polar surface area (TPSA) is 51.2 Å². The number of rotatable bonds is 4. The van der Waals surface area contributed by atoms with E-state index in [1.807, 2.05) is 0 Å². The summed E-state index contributed by atoms with van der Waals surface area (Å²) in [7, 11) is -5.16. The molecule has 0 unspecified atom stereocenters. The zero-order chi connectivity index (χ0) is 17.4. The minimum absolute atomic E-state index is 0.355. The van der Waals surface area contributed by atoms with Gasteiger partial charge in [-0.15, -0.1) is 0 Å². The largest absolute Gasteiger partial charge is 0.411 e. The predicted molar refractivity (Wildman–Crippen MR) is 86.9 cm³/mol. The molecular weight excluding hydrogens is 334 g/mol. The molecule has 3 nitrogen and oxygen atoms in total. The first kappa shape index (κ1) is 16.3. The number of alkyl halides is 2. The molecule has 0 aliphatic heterocycles. The van der Waals surface area contributed by atoms with Gasteiger partial charge in [0.1, 0.15) is 0 Å². The summed E-state index contributed by atoms with van der Waals surface area (Å²) >= 11 is 0. The highest BCUT2D eigenvalue weighted by molar-refractivity contribution is 7.93. The van der Waals surface area contributed by atoms with Crippen molar-refractivity contribution in [3.8, 4) is 0 Å². The summed E-state index contributed by atoms with van der Waals surface area (Å²) in [6.45, 7) is 0. The summed E-state index contributed by atoms with van der Waals surface area (Å²) in [5, 5.41) is -3.33. The van der Waals surface area contributed by atoms with Gasteiger partial charge in [0.05, 0.1) is 4.90 Å². The summed E-state index contributed by atoms with van der Waals surface area (Å²) < 4.78 is 53.5. The van der Waals surface area contributed by atoms with Crippen LogP contribution in [0, 0.1) is 0 Å². The molecule has 0 aromatic heterocycles. The summed E-state index contributed by atoms with van der Waals surface area (Å²) in [6.07, 6.45) is 0. The first-order chi connectivity index (χ1) is 11.3. The van der Waals surface area contributed by atoms with E-state index in [1.54, 1.807) is 30.3 Å². The maximum atomic E-state index is 14.4. The Morgan fingerprint density at radius 2 is 1.38 bits per heavy atom. The highest BCUT2D eigenvalue weighted by atomic mass is 32.2. The molecule has 0 amide bonds. The summed E-state index contributed by atoms with van der Waals surface area (Å²) in [4.78, 5) is 11.4. The van der Waals surface area contributed by atoms with E-state index < -0.39 is 25.8 Å². The maximum absolute atomic E-state index is 14.4. The average Bonchev–Trinajstić information content (AvgIpc) is 2.61. The molecule has 3 rings (SSSR count). The molecule has 6 heteroatoms. The van der Waals surface area contributed by atoms with E-state index in [0.717, 1.165) is 24.3 Å². The van der Waals surface area contributed by atoms with Crippen molar-refractivity contribution in [3.05, 3.63) is 78.4 Å². The van der Waals surface area contributed by atoms with Gasteiger partial charge in [-0.2, -0.15) is 8.78 Å². The lowest BCUT2D eigenvalue weighted by atomic mass is 10.1. The molecule has 0 saturated carbocycles. The number of halogens is 2. The van der Waals surface area contributed by atoms with Crippen molar-refractivity contribution in [1.82, 2.24) is 0 Å². The highest BCUT2D eigenvalue weighted by Gasteiger charge is 2.53. The van der Waals surface area contributed by atoms with Gasteiger partial charge in [-0.1, -0.05) is 60.7 Å². The zero-order valence-corrected chi connectivity index (χ0v) is 13.1. The van der Waals surface area contributed by atoms with Crippen LogP contribution in [-0.4, -0.2) is 19.5 Å². The number of ketones is 1. The van der Waals surface area contributed by atoms with Crippen LogP contribution >= 0.6 is 0 Å². The number of benzene rings is 3. The lowest BCUT2D eigenvalue weighted by Crippen LogP contribution is -2.38. The molecule has 3 aromatic rings. The van der Waals surface area contributed by atoms with Gasteiger partial charge in [0.15, 0.2) is 0 Å². The van der Waals surface area contributed by atoms with E-state index in [-0.39, 0.29) is 5.56 Å². The first-order valence-corrected chi connectivity index (χ1v) is 8.53. The number of Topliss-reactive ketones (excluding diaryl/α,β-unsaturated/α-hetero) is 1. The Hall–Kier alpha value is -2.60. The van der Waals surface area contributed by atoms with Crippen LogP contribution in [0.2, 0.25) is 0 Å². The molecule has 0 spiro atoms. The minimum Gasteiger partial charge on any atom is -0.286 e. The molecule has 0 fully saturated rings. The molecular formula is C18H12F2O3S. The molecule has 0 aliphatic carbocycles. The second-order valence-corrected chi connectivity index (χ2v) is 7.22. The second-order valence-electron chi connectivity index (χ2n) is 5.22. The van der Waals surface area contributed by atoms with Crippen molar-refractivity contribution in [2.24, 2.45) is 0 Å². The maximum Gasteiger partial charge on any atom is 0.411 e. The molecule has 122 valence electrons. The van der Waals surface area contributed by atoms with E-state index in [2.05, 4.69) is 0 Å². The van der Waals surface area contributed by atoms with Crippen LogP contribution in [-0.2, 0) is 9.84 Å². The van der Waals surface area contributed by atoms with Crippen LogP contribution in [0.1, 0.15) is 10.4 Å². The molecule has 0 bridgehead atoms. The molecule has 0 radical (unpaired) electrons. The van der Waals surface area contributed by atoms with Gasteiger partial charge in [0, 0.05) is 5.56 Å². The smallest absolute Gasteiger partial charge is 0.286 e. The van der Waals surface area contributed by atoms with Crippen molar-refractivity contribution < 1.29 is 22.0 Å². The van der Waals surface area contributed by atoms with Gasteiger partial charge in [0.2, 0.25) is 5.78 Å². The van der Waals surface area contributed by atoms with E-state index in [4.69, 9.17) is 0 Å². The third-order valence-corrected chi connectivity index (χ3v) is 5.40. The molecule has 0 atom stereocenters. The predicted octanol–water partition coefficient (Wildman–Crippen LogP) is 4.09.